The molecule has 0 amide bonds. The lowest BCUT2D eigenvalue weighted by molar-refractivity contribution is -0.206. The van der Waals surface area contributed by atoms with Crippen molar-refractivity contribution < 1.29 is 38.4 Å². The molecule has 0 radical (unpaired) electrons. The summed E-state index contributed by atoms with van der Waals surface area (Å²) in [6, 6.07) is 25.1. The first kappa shape index (κ1) is 27.4. The predicted octanol–water partition coefficient (Wildman–Crippen LogP) is 4.13. The van der Waals surface area contributed by atoms with Crippen LogP contribution in [0.1, 0.15) is 38.0 Å². The van der Waals surface area contributed by atoms with Crippen LogP contribution in [0.5, 0.6) is 0 Å². The Morgan fingerprint density at radius 2 is 1.18 bits per heavy atom. The number of aliphatic hydroxyl groups is 1. The van der Waals surface area contributed by atoms with Gasteiger partial charge in [0, 0.05) is 0 Å². The molecule has 1 heterocycles. The minimum atomic E-state index is -1.45. The minimum Gasteiger partial charge on any atom is -0.459 e. The van der Waals surface area contributed by atoms with E-state index in [2.05, 4.69) is 0 Å². The molecule has 1 saturated heterocycles. The molecule has 0 aliphatic carbocycles. The van der Waals surface area contributed by atoms with Gasteiger partial charge in [-0.25, -0.2) is 14.4 Å². The van der Waals surface area contributed by atoms with E-state index in [-0.39, 0.29) is 12.2 Å². The van der Waals surface area contributed by atoms with Crippen molar-refractivity contribution in [2.45, 2.75) is 36.8 Å². The van der Waals surface area contributed by atoms with Crippen LogP contribution in [0.25, 0.3) is 0 Å². The third-order valence-corrected chi connectivity index (χ3v) is 6.88. The molecule has 9 heteroatoms. The summed E-state index contributed by atoms with van der Waals surface area (Å²) in [5, 5.41) is 11.4. The Morgan fingerprint density at radius 1 is 0.737 bits per heavy atom. The zero-order chi connectivity index (χ0) is 26.9. The standard InChI is InChI=1S/C29H28O8S/c1-2-38-29-25(37-28(33)21-16-10-5-11-17-21)23(30)24(36-27(32)20-14-8-4-9-15-20)22(35-29)18-34-26(31)19-12-6-3-7-13-19/h3-17,22-25,29-30H,2,18H2,1H3/t22-,23+,24+,25-,29?/m1/s1. The third kappa shape index (κ3) is 6.80. The Balaban J connectivity index is 1.57. The highest BCUT2D eigenvalue weighted by atomic mass is 32.2. The number of carbonyl (C=O) groups excluding carboxylic acids is 3. The first-order valence-corrected chi connectivity index (χ1v) is 13.2. The van der Waals surface area contributed by atoms with Gasteiger partial charge in [-0.3, -0.25) is 0 Å². The average molecular weight is 537 g/mol. The second-order valence-corrected chi connectivity index (χ2v) is 9.80. The number of hydrogen-bond acceptors (Lipinski definition) is 9. The number of carbonyl (C=O) groups is 3. The second kappa shape index (κ2) is 13.2. The van der Waals surface area contributed by atoms with Gasteiger partial charge in [-0.2, -0.15) is 0 Å². The number of benzene rings is 3. The van der Waals surface area contributed by atoms with Crippen molar-refractivity contribution in [2.75, 3.05) is 12.4 Å². The van der Waals surface area contributed by atoms with Crippen molar-refractivity contribution in [1.82, 2.24) is 0 Å². The van der Waals surface area contributed by atoms with Crippen molar-refractivity contribution in [3.8, 4) is 0 Å². The molecule has 38 heavy (non-hydrogen) atoms. The summed E-state index contributed by atoms with van der Waals surface area (Å²) in [6.45, 7) is 1.60. The van der Waals surface area contributed by atoms with Crippen LogP contribution < -0.4 is 0 Å². The van der Waals surface area contributed by atoms with Gasteiger partial charge in [-0.05, 0) is 42.2 Å². The molecule has 0 saturated carbocycles. The number of ether oxygens (including phenoxy) is 4. The van der Waals surface area contributed by atoms with Crippen LogP contribution in [0.3, 0.4) is 0 Å². The van der Waals surface area contributed by atoms with Gasteiger partial charge in [0.25, 0.3) is 0 Å². The van der Waals surface area contributed by atoms with Crippen molar-refractivity contribution in [2.24, 2.45) is 0 Å². The topological polar surface area (TPSA) is 108 Å². The van der Waals surface area contributed by atoms with E-state index in [4.69, 9.17) is 18.9 Å². The second-order valence-electron chi connectivity index (χ2n) is 8.43. The van der Waals surface area contributed by atoms with Crippen molar-refractivity contribution in [1.29, 1.82) is 0 Å². The summed E-state index contributed by atoms with van der Waals surface area (Å²) in [6.07, 6.45) is -4.90. The molecule has 1 aliphatic heterocycles. The lowest BCUT2D eigenvalue weighted by Gasteiger charge is -2.43. The number of rotatable bonds is 9. The summed E-state index contributed by atoms with van der Waals surface area (Å²) in [7, 11) is 0. The summed E-state index contributed by atoms with van der Waals surface area (Å²) >= 11 is 1.31. The lowest BCUT2D eigenvalue weighted by atomic mass is 9.99. The highest BCUT2D eigenvalue weighted by Gasteiger charge is 2.50. The van der Waals surface area contributed by atoms with Crippen LogP contribution in [0.15, 0.2) is 91.0 Å². The highest BCUT2D eigenvalue weighted by Crippen LogP contribution is 2.33. The molecule has 0 spiro atoms. The fourth-order valence-corrected chi connectivity index (χ4v) is 4.90. The Hall–Kier alpha value is -3.66. The average Bonchev–Trinajstić information content (AvgIpc) is 2.96. The quantitative estimate of drug-likeness (QED) is 0.319. The van der Waals surface area contributed by atoms with E-state index in [1.165, 1.54) is 11.8 Å². The summed E-state index contributed by atoms with van der Waals surface area (Å²) in [4.78, 5) is 38.3. The number of thioether (sulfide) groups is 1. The van der Waals surface area contributed by atoms with Gasteiger partial charge >= 0.3 is 17.9 Å². The molecule has 4 rings (SSSR count). The largest absolute Gasteiger partial charge is 0.459 e. The smallest absolute Gasteiger partial charge is 0.338 e. The van der Waals surface area contributed by atoms with Crippen LogP contribution in [-0.4, -0.2) is 65.2 Å². The molecule has 1 aliphatic rings. The molecule has 5 atom stereocenters. The first-order chi connectivity index (χ1) is 18.5. The minimum absolute atomic E-state index is 0.266. The van der Waals surface area contributed by atoms with Crippen molar-refractivity contribution >= 4 is 29.7 Å². The molecule has 1 unspecified atom stereocenters. The zero-order valence-corrected chi connectivity index (χ0v) is 21.5. The van der Waals surface area contributed by atoms with Gasteiger partial charge in [0.2, 0.25) is 0 Å². The number of esters is 3. The molecule has 0 bridgehead atoms. The zero-order valence-electron chi connectivity index (χ0n) is 20.7. The molecular weight excluding hydrogens is 508 g/mol. The van der Waals surface area contributed by atoms with E-state index in [9.17, 15) is 19.5 Å². The molecule has 3 aromatic rings. The fraction of sp³-hybridized carbons (Fsp3) is 0.276. The van der Waals surface area contributed by atoms with E-state index in [0.717, 1.165) is 0 Å². The third-order valence-electron chi connectivity index (χ3n) is 5.84. The number of aliphatic hydroxyl groups excluding tert-OH is 1. The van der Waals surface area contributed by atoms with Gasteiger partial charge in [0.15, 0.2) is 12.2 Å². The molecule has 3 aromatic carbocycles. The Bertz CT molecular complexity index is 1200. The fourth-order valence-electron chi connectivity index (χ4n) is 3.95. The van der Waals surface area contributed by atoms with E-state index >= 15 is 0 Å². The van der Waals surface area contributed by atoms with Gasteiger partial charge in [-0.15, -0.1) is 11.8 Å². The first-order valence-electron chi connectivity index (χ1n) is 12.2. The van der Waals surface area contributed by atoms with Crippen LogP contribution in [0.4, 0.5) is 0 Å². The van der Waals surface area contributed by atoms with E-state index < -0.39 is 47.8 Å². The van der Waals surface area contributed by atoms with E-state index in [0.29, 0.717) is 16.9 Å². The maximum atomic E-state index is 12.9. The van der Waals surface area contributed by atoms with Gasteiger partial charge in [-0.1, -0.05) is 61.5 Å². The molecule has 0 aromatic heterocycles. The lowest BCUT2D eigenvalue weighted by Crippen LogP contribution is -2.60. The normalized spacial score (nSPS) is 22.7. The van der Waals surface area contributed by atoms with Gasteiger partial charge < -0.3 is 24.1 Å². The van der Waals surface area contributed by atoms with Crippen LogP contribution in [0, 0.1) is 0 Å². The summed E-state index contributed by atoms with van der Waals surface area (Å²) in [5.74, 6) is -1.36. The maximum absolute atomic E-state index is 12.9. The monoisotopic (exact) mass is 536 g/mol. The highest BCUT2D eigenvalue weighted by molar-refractivity contribution is 7.99. The van der Waals surface area contributed by atoms with E-state index in [1.54, 1.807) is 91.0 Å². The van der Waals surface area contributed by atoms with Crippen LogP contribution in [0.2, 0.25) is 0 Å². The van der Waals surface area contributed by atoms with Crippen LogP contribution >= 0.6 is 11.8 Å². The molecular formula is C29H28O8S. The predicted molar refractivity (Wildman–Crippen MR) is 141 cm³/mol. The van der Waals surface area contributed by atoms with Crippen molar-refractivity contribution in [3.63, 3.8) is 0 Å². The molecule has 198 valence electrons. The molecule has 1 N–H and O–H groups in total. The number of hydrogen-bond donors (Lipinski definition) is 1. The Labute approximate surface area is 224 Å². The molecule has 8 nitrogen and oxygen atoms in total. The summed E-state index contributed by atoms with van der Waals surface area (Å²) in [5.41, 5.74) is 0.116. The summed E-state index contributed by atoms with van der Waals surface area (Å²) < 4.78 is 23.0. The van der Waals surface area contributed by atoms with Gasteiger partial charge in [0.05, 0.1) is 16.7 Å². The maximum Gasteiger partial charge on any atom is 0.338 e. The Morgan fingerprint density at radius 3 is 1.66 bits per heavy atom. The van der Waals surface area contributed by atoms with Crippen LogP contribution in [-0.2, 0) is 18.9 Å². The molecule has 1 fully saturated rings. The van der Waals surface area contributed by atoms with E-state index in [1.807, 2.05) is 6.92 Å². The SMILES string of the molecule is CCSC1O[C@H](COC(=O)c2ccccc2)[C@H](OC(=O)c2ccccc2)[C@H](O)[C@H]1OC(=O)c1ccccc1. The van der Waals surface area contributed by atoms with Gasteiger partial charge in [0.1, 0.15) is 24.3 Å². The Kier molecular flexibility index (Phi) is 9.53. The van der Waals surface area contributed by atoms with Crippen molar-refractivity contribution in [3.05, 3.63) is 108 Å².